The minimum Gasteiger partial charge on any atom is -0.343 e. The molecule has 0 amide bonds. The standard InChI is InChI=1S/C10H14NO/c1-9(2)7-10(8-12)11-5-3-4-6-11/h3-6,9-10H,7H2,1-2H3. The van der Waals surface area contributed by atoms with E-state index in [2.05, 4.69) is 13.8 Å². The molecule has 0 aromatic carbocycles. The Bertz CT molecular complexity index is 226. The lowest BCUT2D eigenvalue weighted by Crippen LogP contribution is -2.10. The van der Waals surface area contributed by atoms with Gasteiger partial charge in [-0.05, 0) is 24.5 Å². The number of carbonyl (C=O) groups excluding carboxylic acids is 1. The van der Waals surface area contributed by atoms with Crippen LogP contribution in [0.2, 0.25) is 0 Å². The molecule has 1 rings (SSSR count). The van der Waals surface area contributed by atoms with E-state index in [1.807, 2.05) is 35.4 Å². The second-order valence-electron chi connectivity index (χ2n) is 3.39. The molecule has 12 heavy (non-hydrogen) atoms. The fourth-order valence-corrected chi connectivity index (χ4v) is 1.23. The first-order chi connectivity index (χ1) is 5.74. The van der Waals surface area contributed by atoms with Crippen LogP contribution in [0, 0.1) is 5.92 Å². The molecule has 0 aliphatic heterocycles. The first-order valence-electron chi connectivity index (χ1n) is 4.24. The third kappa shape index (κ3) is 2.22. The molecule has 0 spiro atoms. The van der Waals surface area contributed by atoms with Gasteiger partial charge in [0.25, 0.3) is 0 Å². The zero-order valence-electron chi connectivity index (χ0n) is 7.53. The van der Waals surface area contributed by atoms with E-state index in [0.29, 0.717) is 5.92 Å². The van der Waals surface area contributed by atoms with Crippen molar-refractivity contribution in [3.05, 3.63) is 24.5 Å². The van der Waals surface area contributed by atoms with Crippen molar-refractivity contribution < 1.29 is 4.79 Å². The highest BCUT2D eigenvalue weighted by Gasteiger charge is 2.10. The SMILES string of the molecule is CC(C)CC([C]=O)n1cccc1. The maximum absolute atomic E-state index is 10.6. The molecule has 1 heterocycles. The second kappa shape index (κ2) is 4.10. The molecule has 0 bridgehead atoms. The molecule has 2 heteroatoms. The molecule has 1 atom stereocenters. The van der Waals surface area contributed by atoms with Crippen molar-refractivity contribution >= 4 is 6.29 Å². The van der Waals surface area contributed by atoms with Crippen LogP contribution in [0.25, 0.3) is 0 Å². The van der Waals surface area contributed by atoms with Crippen LogP contribution in [-0.2, 0) is 4.79 Å². The zero-order chi connectivity index (χ0) is 8.97. The molecule has 0 N–H and O–H groups in total. The van der Waals surface area contributed by atoms with Gasteiger partial charge in [0.05, 0.1) is 6.04 Å². The Labute approximate surface area is 73.2 Å². The molecule has 65 valence electrons. The van der Waals surface area contributed by atoms with E-state index in [1.54, 1.807) is 0 Å². The number of nitrogens with zero attached hydrogens (tertiary/aromatic N) is 1. The highest BCUT2D eigenvalue weighted by atomic mass is 16.1. The summed E-state index contributed by atoms with van der Waals surface area (Å²) >= 11 is 0. The summed E-state index contributed by atoms with van der Waals surface area (Å²) in [5.74, 6) is 0.527. The lowest BCUT2D eigenvalue weighted by molar-refractivity contribution is 0.449. The Morgan fingerprint density at radius 1 is 1.33 bits per heavy atom. The van der Waals surface area contributed by atoms with Gasteiger partial charge in [0.2, 0.25) is 6.29 Å². The van der Waals surface area contributed by atoms with E-state index < -0.39 is 0 Å². The molecular formula is C10H14NO. The summed E-state index contributed by atoms with van der Waals surface area (Å²) in [6.07, 6.45) is 6.71. The van der Waals surface area contributed by atoms with E-state index in [9.17, 15) is 4.79 Å². The maximum Gasteiger partial charge on any atom is 0.223 e. The van der Waals surface area contributed by atoms with E-state index in [-0.39, 0.29) is 6.04 Å². The minimum absolute atomic E-state index is 0.111. The summed E-state index contributed by atoms with van der Waals surface area (Å²) < 4.78 is 1.90. The van der Waals surface area contributed by atoms with Gasteiger partial charge in [-0.15, -0.1) is 0 Å². The van der Waals surface area contributed by atoms with Crippen LogP contribution >= 0.6 is 0 Å². The fraction of sp³-hybridized carbons (Fsp3) is 0.500. The Morgan fingerprint density at radius 3 is 2.33 bits per heavy atom. The molecule has 1 aromatic heterocycles. The van der Waals surface area contributed by atoms with Crippen molar-refractivity contribution in [2.45, 2.75) is 26.3 Å². The third-order valence-corrected chi connectivity index (χ3v) is 1.82. The fourth-order valence-electron chi connectivity index (χ4n) is 1.23. The van der Waals surface area contributed by atoms with Crippen molar-refractivity contribution in [1.29, 1.82) is 0 Å². The van der Waals surface area contributed by atoms with E-state index in [0.717, 1.165) is 6.42 Å². The van der Waals surface area contributed by atoms with Gasteiger partial charge in [0, 0.05) is 12.4 Å². The molecule has 0 aliphatic rings. The summed E-state index contributed by atoms with van der Waals surface area (Å²) in [7, 11) is 0. The Hall–Kier alpha value is -1.05. The molecular weight excluding hydrogens is 150 g/mol. The smallest absolute Gasteiger partial charge is 0.223 e. The van der Waals surface area contributed by atoms with Crippen molar-refractivity contribution in [2.24, 2.45) is 5.92 Å². The Morgan fingerprint density at radius 2 is 1.92 bits per heavy atom. The van der Waals surface area contributed by atoms with Crippen LogP contribution < -0.4 is 0 Å². The number of aromatic nitrogens is 1. The second-order valence-corrected chi connectivity index (χ2v) is 3.39. The predicted octanol–water partition coefficient (Wildman–Crippen LogP) is 2.18. The monoisotopic (exact) mass is 164 g/mol. The first-order valence-corrected chi connectivity index (χ1v) is 4.24. The van der Waals surface area contributed by atoms with Gasteiger partial charge in [0.15, 0.2) is 0 Å². The Kier molecular flexibility index (Phi) is 3.09. The summed E-state index contributed by atoms with van der Waals surface area (Å²) in [5, 5.41) is 0. The van der Waals surface area contributed by atoms with E-state index >= 15 is 0 Å². The zero-order valence-corrected chi connectivity index (χ0v) is 7.53. The Balaban J connectivity index is 2.63. The average molecular weight is 164 g/mol. The molecule has 0 aliphatic carbocycles. The molecule has 0 saturated carbocycles. The molecule has 1 radical (unpaired) electrons. The number of hydrogen-bond donors (Lipinski definition) is 0. The molecule has 1 unspecified atom stereocenters. The van der Waals surface area contributed by atoms with E-state index in [1.165, 1.54) is 0 Å². The minimum atomic E-state index is -0.111. The van der Waals surface area contributed by atoms with Crippen LogP contribution in [0.4, 0.5) is 0 Å². The lowest BCUT2D eigenvalue weighted by atomic mass is 10.1. The number of hydrogen-bond acceptors (Lipinski definition) is 1. The quantitative estimate of drug-likeness (QED) is 0.668. The summed E-state index contributed by atoms with van der Waals surface area (Å²) in [6.45, 7) is 4.21. The third-order valence-electron chi connectivity index (χ3n) is 1.82. The molecule has 1 aromatic rings. The van der Waals surface area contributed by atoms with Crippen LogP contribution in [0.1, 0.15) is 26.3 Å². The van der Waals surface area contributed by atoms with Crippen LogP contribution in [0.15, 0.2) is 24.5 Å². The van der Waals surface area contributed by atoms with Gasteiger partial charge in [-0.25, -0.2) is 0 Å². The maximum atomic E-state index is 10.6. The summed E-state index contributed by atoms with van der Waals surface area (Å²) in [5.41, 5.74) is 0. The van der Waals surface area contributed by atoms with Gasteiger partial charge in [-0.1, -0.05) is 13.8 Å². The van der Waals surface area contributed by atoms with Gasteiger partial charge >= 0.3 is 0 Å². The number of rotatable bonds is 4. The topological polar surface area (TPSA) is 22.0 Å². The van der Waals surface area contributed by atoms with Crippen LogP contribution in [-0.4, -0.2) is 10.9 Å². The highest BCUT2D eigenvalue weighted by Crippen LogP contribution is 2.14. The highest BCUT2D eigenvalue weighted by molar-refractivity contribution is 5.56. The van der Waals surface area contributed by atoms with Crippen molar-refractivity contribution in [3.8, 4) is 0 Å². The van der Waals surface area contributed by atoms with Crippen LogP contribution in [0.3, 0.4) is 0 Å². The lowest BCUT2D eigenvalue weighted by Gasteiger charge is -2.13. The van der Waals surface area contributed by atoms with Gasteiger partial charge < -0.3 is 4.57 Å². The van der Waals surface area contributed by atoms with Gasteiger partial charge in [-0.3, -0.25) is 4.79 Å². The molecule has 0 saturated heterocycles. The van der Waals surface area contributed by atoms with Crippen molar-refractivity contribution in [2.75, 3.05) is 0 Å². The predicted molar refractivity (Wildman–Crippen MR) is 48.6 cm³/mol. The van der Waals surface area contributed by atoms with E-state index in [4.69, 9.17) is 0 Å². The van der Waals surface area contributed by atoms with Crippen molar-refractivity contribution in [1.82, 2.24) is 4.57 Å². The van der Waals surface area contributed by atoms with Crippen LogP contribution in [0.5, 0.6) is 0 Å². The summed E-state index contributed by atoms with van der Waals surface area (Å²) in [4.78, 5) is 10.6. The van der Waals surface area contributed by atoms with Gasteiger partial charge in [-0.2, -0.15) is 0 Å². The largest absolute Gasteiger partial charge is 0.343 e. The first kappa shape index (κ1) is 9.04. The van der Waals surface area contributed by atoms with Crippen molar-refractivity contribution in [3.63, 3.8) is 0 Å². The molecule has 2 nitrogen and oxygen atoms in total. The summed E-state index contributed by atoms with van der Waals surface area (Å²) in [6, 6.07) is 3.73. The average Bonchev–Trinajstić information content (AvgIpc) is 2.51. The molecule has 0 fully saturated rings. The van der Waals surface area contributed by atoms with Gasteiger partial charge in [0.1, 0.15) is 0 Å². The normalized spacial score (nSPS) is 13.2.